The summed E-state index contributed by atoms with van der Waals surface area (Å²) >= 11 is 8.19. The first-order valence-electron chi connectivity index (χ1n) is 14.1. The third-order valence-corrected chi connectivity index (χ3v) is 14.4. The number of hydrogen-bond donors (Lipinski definition) is 0. The van der Waals surface area contributed by atoms with Crippen molar-refractivity contribution in [3.63, 3.8) is 0 Å². The lowest BCUT2D eigenvalue weighted by Gasteiger charge is -2.24. The van der Waals surface area contributed by atoms with E-state index in [-0.39, 0.29) is 22.5 Å². The van der Waals surface area contributed by atoms with Crippen LogP contribution in [0.25, 0.3) is 49.7 Å². The molecule has 0 atom stereocenters. The van der Waals surface area contributed by atoms with E-state index >= 15 is 0 Å². The van der Waals surface area contributed by atoms with E-state index < -0.39 is 0 Å². The van der Waals surface area contributed by atoms with Crippen LogP contribution in [0.5, 0.6) is 11.5 Å². The maximum absolute atomic E-state index is 9.21. The van der Waals surface area contributed by atoms with Gasteiger partial charge in [-0.25, -0.2) is 10.5 Å². The molecule has 5 aromatic heterocycles. The summed E-state index contributed by atoms with van der Waals surface area (Å²) in [6.45, 7) is 23.6. The molecule has 0 aliphatic heterocycles. The van der Waals surface area contributed by atoms with E-state index in [2.05, 4.69) is 59.5 Å². The van der Waals surface area contributed by atoms with Crippen LogP contribution >= 0.6 is 56.7 Å². The average Bonchev–Trinajstić information content (AvgIpc) is 3.88. The molecule has 0 bridgehead atoms. The van der Waals surface area contributed by atoms with Gasteiger partial charge in [0.2, 0.25) is 10.0 Å². The van der Waals surface area contributed by atoms with Crippen LogP contribution in [0, 0.1) is 35.8 Å². The van der Waals surface area contributed by atoms with Crippen LogP contribution in [0.3, 0.4) is 0 Å². The molecular formula is C34H22N6O2S5. The maximum atomic E-state index is 9.21. The monoisotopic (exact) mass is 706 g/mol. The Morgan fingerprint density at radius 2 is 1.23 bits per heavy atom. The molecule has 2 aliphatic carbocycles. The van der Waals surface area contributed by atoms with Crippen LogP contribution < -0.4 is 9.47 Å². The number of rotatable bonds is 6. The Hall–Kier alpha value is -4.60. The summed E-state index contributed by atoms with van der Waals surface area (Å²) in [4.78, 5) is 21.5. The Balaban J connectivity index is 1.32. The molecule has 13 heteroatoms. The van der Waals surface area contributed by atoms with Crippen LogP contribution in [-0.2, 0) is 10.8 Å². The number of hydrogen-bond acceptors (Lipinski definition) is 11. The highest BCUT2D eigenvalue weighted by molar-refractivity contribution is 7.32. The summed E-state index contributed by atoms with van der Waals surface area (Å²) in [5, 5.41) is 19.5. The molecule has 5 aromatic rings. The molecule has 0 saturated carbocycles. The lowest BCUT2D eigenvalue weighted by atomic mass is 9.80. The Morgan fingerprint density at radius 1 is 0.702 bits per heavy atom. The summed E-state index contributed by atoms with van der Waals surface area (Å²) in [6, 6.07) is 11.7. The average molecular weight is 707 g/mol. The number of nitrogens with zero attached hydrogens (tertiary/aromatic N) is 6. The first kappa shape index (κ1) is 31.0. The number of amidine groups is 2. The zero-order valence-electron chi connectivity index (χ0n) is 25.9. The smallest absolute Gasteiger partial charge is 0.350 e. The van der Waals surface area contributed by atoms with Gasteiger partial charge in [0.1, 0.15) is 23.6 Å². The summed E-state index contributed by atoms with van der Waals surface area (Å²) in [6.07, 6.45) is 0. The standard InChI is InChI=1S/C34H22N6O2S5/c1-33(2)15-9-18(29-16(41-7)10-23(46-29)39-21(13-35)37-5)43-28(15)25-26(33)32-27(34(25,3)4)31-20(45-32)12-19(44-31)30-17(42-8)11-24(47-30)40-22(14-36)38-6/h9-12H,1-4,7-8H3. The van der Waals surface area contributed by atoms with Crippen molar-refractivity contribution in [2.45, 2.75) is 38.5 Å². The molecule has 2 aliphatic rings. The predicted octanol–water partition coefficient (Wildman–Crippen LogP) is 10.9. The van der Waals surface area contributed by atoms with Gasteiger partial charge in [0.15, 0.2) is 0 Å². The van der Waals surface area contributed by atoms with Crippen molar-refractivity contribution in [2.24, 2.45) is 9.98 Å². The summed E-state index contributed by atoms with van der Waals surface area (Å²) in [5.74, 6) is 0.948. The van der Waals surface area contributed by atoms with Gasteiger partial charge < -0.3 is 19.2 Å². The van der Waals surface area contributed by atoms with Crippen molar-refractivity contribution < 1.29 is 9.47 Å². The highest BCUT2D eigenvalue weighted by Crippen LogP contribution is 2.68. The van der Waals surface area contributed by atoms with Crippen molar-refractivity contribution in [3.05, 3.63) is 68.0 Å². The third kappa shape index (κ3) is 4.51. The first-order valence-corrected chi connectivity index (χ1v) is 18.1. The minimum absolute atomic E-state index is 0.202. The highest BCUT2D eigenvalue weighted by atomic mass is 32.1. The molecule has 0 fully saturated rings. The molecule has 0 saturated heterocycles. The maximum Gasteiger partial charge on any atom is 0.350 e. The Labute approximate surface area is 291 Å². The predicted molar refractivity (Wildman–Crippen MR) is 195 cm³/mol. The lowest BCUT2D eigenvalue weighted by Crippen LogP contribution is -2.16. The largest absolute Gasteiger partial charge is 0.495 e. The van der Waals surface area contributed by atoms with Gasteiger partial charge >= 0.3 is 11.7 Å². The fraction of sp³-hybridized carbons (Fsp3) is 0.235. The molecule has 8 nitrogen and oxygen atoms in total. The number of fused-ring (bicyclic) bond motifs is 6. The van der Waals surface area contributed by atoms with Crippen molar-refractivity contribution in [3.8, 4) is 43.1 Å². The van der Waals surface area contributed by atoms with Gasteiger partial charge in [-0.15, -0.1) is 34.0 Å². The fourth-order valence-electron chi connectivity index (χ4n) is 6.42. The zero-order valence-corrected chi connectivity index (χ0v) is 29.9. The summed E-state index contributed by atoms with van der Waals surface area (Å²) in [5.41, 5.74) is 4.96. The quantitative estimate of drug-likeness (QED) is 0.0996. The number of aliphatic imine (C=N–C) groups is 2. The van der Waals surface area contributed by atoms with Gasteiger partial charge in [-0.05, 0) is 34.4 Å². The van der Waals surface area contributed by atoms with E-state index in [1.807, 2.05) is 23.5 Å². The van der Waals surface area contributed by atoms with Crippen LogP contribution in [0.2, 0.25) is 0 Å². The van der Waals surface area contributed by atoms with Crippen molar-refractivity contribution in [2.75, 3.05) is 14.2 Å². The van der Waals surface area contributed by atoms with Gasteiger partial charge in [-0.1, -0.05) is 73.5 Å². The third-order valence-electron chi connectivity index (χ3n) is 8.45. The second-order valence-corrected chi connectivity index (χ2v) is 17.0. The number of ether oxygens (including phenoxy) is 2. The fourth-order valence-corrected chi connectivity index (χ4v) is 13.3. The SMILES string of the molecule is [C-]#[N+]C(C#N)=Nc1cc(OC)c(-c2cc3c(s2)C2=C(c4sc5cc(-c6sc(N=C(C#N)[N+]#[C-])cc6OC)sc5c4C2(C)C)C3(C)C)s1. The summed E-state index contributed by atoms with van der Waals surface area (Å²) < 4.78 is 13.9. The molecule has 7 rings (SSSR count). The van der Waals surface area contributed by atoms with E-state index in [4.69, 9.17) is 22.6 Å². The van der Waals surface area contributed by atoms with Crippen molar-refractivity contribution >= 4 is 98.9 Å². The number of thiophene rings is 5. The van der Waals surface area contributed by atoms with E-state index in [1.54, 1.807) is 49.0 Å². The zero-order chi connectivity index (χ0) is 33.4. The molecule has 0 unspecified atom stereocenters. The lowest BCUT2D eigenvalue weighted by molar-refractivity contribution is 0.418. The van der Waals surface area contributed by atoms with Crippen LogP contribution in [0.4, 0.5) is 10.0 Å². The molecule has 0 radical (unpaired) electrons. The van der Waals surface area contributed by atoms with Gasteiger partial charge in [-0.3, -0.25) is 0 Å². The van der Waals surface area contributed by atoms with Gasteiger partial charge in [0.25, 0.3) is 0 Å². The van der Waals surface area contributed by atoms with Crippen LogP contribution in [-0.4, -0.2) is 25.9 Å². The van der Waals surface area contributed by atoms with Gasteiger partial charge in [-0.2, -0.15) is 0 Å². The normalized spacial score (nSPS) is 15.9. The molecule has 5 heterocycles. The molecule has 230 valence electrons. The van der Waals surface area contributed by atoms with Crippen LogP contribution in [0.15, 0.2) is 34.3 Å². The second-order valence-electron chi connectivity index (χ2n) is 11.7. The minimum atomic E-state index is -0.242. The molecule has 0 spiro atoms. The first-order chi connectivity index (χ1) is 22.5. The molecule has 47 heavy (non-hydrogen) atoms. The van der Waals surface area contributed by atoms with E-state index in [1.165, 1.54) is 64.1 Å². The highest BCUT2D eigenvalue weighted by Gasteiger charge is 2.53. The minimum Gasteiger partial charge on any atom is -0.495 e. The van der Waals surface area contributed by atoms with E-state index in [0.29, 0.717) is 21.5 Å². The van der Waals surface area contributed by atoms with Gasteiger partial charge in [0.05, 0.1) is 33.6 Å². The van der Waals surface area contributed by atoms with Gasteiger partial charge in [0, 0.05) is 42.3 Å². The van der Waals surface area contributed by atoms with Crippen LogP contribution in [0.1, 0.15) is 48.6 Å². The van der Waals surface area contributed by atoms with Crippen molar-refractivity contribution in [1.29, 1.82) is 10.5 Å². The second kappa shape index (κ2) is 11.0. The number of allylic oxidation sites excluding steroid dienone is 2. The van der Waals surface area contributed by atoms with Crippen molar-refractivity contribution in [1.82, 2.24) is 0 Å². The number of nitriles is 2. The molecular weight excluding hydrogens is 685 g/mol. The number of methoxy groups -OCH3 is 2. The topological polar surface area (TPSA) is 99.5 Å². The summed E-state index contributed by atoms with van der Waals surface area (Å²) in [7, 11) is 3.25. The Morgan fingerprint density at radius 3 is 1.74 bits per heavy atom. The molecule has 0 aromatic carbocycles. The molecule has 0 amide bonds. The Bertz CT molecular complexity index is 2410. The Kier molecular flexibility index (Phi) is 7.26. The van der Waals surface area contributed by atoms with E-state index in [0.717, 1.165) is 19.5 Å². The molecule has 0 N–H and O–H groups in total. The van der Waals surface area contributed by atoms with E-state index in [9.17, 15) is 10.5 Å².